The highest BCUT2D eigenvalue weighted by molar-refractivity contribution is 7.21. The van der Waals surface area contributed by atoms with Gasteiger partial charge >= 0.3 is 5.97 Å². The van der Waals surface area contributed by atoms with Crippen LogP contribution in [0.15, 0.2) is 48.5 Å². The maximum Gasteiger partial charge on any atom is 0.350 e. The summed E-state index contributed by atoms with van der Waals surface area (Å²) in [4.78, 5) is 21.9. The maximum absolute atomic E-state index is 12.4. The van der Waals surface area contributed by atoms with Crippen LogP contribution in [-0.4, -0.2) is 15.9 Å². The molecule has 0 saturated heterocycles. The van der Waals surface area contributed by atoms with Crippen LogP contribution in [0.4, 0.5) is 0 Å². The third-order valence-corrected chi connectivity index (χ3v) is 5.56. The van der Waals surface area contributed by atoms with Gasteiger partial charge in [-0.05, 0) is 25.1 Å². The molecule has 0 spiro atoms. The number of carbonyl (C=O) groups excluding carboxylic acids is 1. The summed E-state index contributed by atoms with van der Waals surface area (Å²) in [6, 6.07) is 15.2. The first-order valence-electron chi connectivity index (χ1n) is 7.70. The van der Waals surface area contributed by atoms with E-state index < -0.39 is 5.97 Å². The lowest BCUT2D eigenvalue weighted by Gasteiger charge is -2.07. The molecule has 0 saturated carbocycles. The Morgan fingerprint density at radius 1 is 1.08 bits per heavy atom. The quantitative estimate of drug-likeness (QED) is 0.468. The molecule has 0 aliphatic carbocycles. The molecule has 0 aliphatic heterocycles. The third-order valence-electron chi connectivity index (χ3n) is 3.90. The van der Waals surface area contributed by atoms with Crippen LogP contribution < -0.4 is 0 Å². The van der Waals surface area contributed by atoms with Crippen LogP contribution in [0.5, 0.6) is 0 Å². The standard InChI is InChI=1S/C19H13ClN2O2S/c1-11-15(22-14-8-4-3-7-13(14)21-11)10-24-19(23)18-17(20)12-6-2-5-9-16(12)25-18/h2-9H,10H2,1H3. The lowest BCUT2D eigenvalue weighted by Crippen LogP contribution is -2.07. The number of benzene rings is 2. The van der Waals surface area contributed by atoms with Gasteiger partial charge in [-0.3, -0.25) is 0 Å². The molecule has 0 atom stereocenters. The van der Waals surface area contributed by atoms with E-state index in [0.29, 0.717) is 15.6 Å². The van der Waals surface area contributed by atoms with Crippen molar-refractivity contribution in [2.45, 2.75) is 13.5 Å². The predicted molar refractivity (Wildman–Crippen MR) is 100 cm³/mol. The fourth-order valence-corrected chi connectivity index (χ4v) is 4.01. The summed E-state index contributed by atoms with van der Waals surface area (Å²) in [5, 5.41) is 1.30. The van der Waals surface area contributed by atoms with E-state index >= 15 is 0 Å². The first-order chi connectivity index (χ1) is 12.1. The van der Waals surface area contributed by atoms with Gasteiger partial charge in [-0.25, -0.2) is 14.8 Å². The topological polar surface area (TPSA) is 52.1 Å². The summed E-state index contributed by atoms with van der Waals surface area (Å²) in [7, 11) is 0. The van der Waals surface area contributed by atoms with Gasteiger partial charge in [-0.15, -0.1) is 11.3 Å². The summed E-state index contributed by atoms with van der Waals surface area (Å²) in [6.07, 6.45) is 0. The Hall–Kier alpha value is -2.50. The molecule has 0 unspecified atom stereocenters. The number of carbonyl (C=O) groups is 1. The molecule has 4 nitrogen and oxygen atoms in total. The van der Waals surface area contributed by atoms with E-state index in [0.717, 1.165) is 26.8 Å². The summed E-state index contributed by atoms with van der Waals surface area (Å²) in [6.45, 7) is 1.92. The molecule has 0 bridgehead atoms. The highest BCUT2D eigenvalue weighted by Crippen LogP contribution is 2.35. The number of para-hydroxylation sites is 2. The molecule has 0 radical (unpaired) electrons. The molecule has 4 rings (SSSR count). The Morgan fingerprint density at radius 2 is 1.76 bits per heavy atom. The Labute approximate surface area is 153 Å². The van der Waals surface area contributed by atoms with Crippen molar-refractivity contribution >= 4 is 50.0 Å². The number of hydrogen-bond acceptors (Lipinski definition) is 5. The van der Waals surface area contributed by atoms with E-state index in [1.807, 2.05) is 55.5 Å². The van der Waals surface area contributed by atoms with Crippen LogP contribution in [0.1, 0.15) is 21.1 Å². The number of aromatic nitrogens is 2. The van der Waals surface area contributed by atoms with Gasteiger partial charge in [0, 0.05) is 10.1 Å². The number of halogens is 1. The van der Waals surface area contributed by atoms with Crippen molar-refractivity contribution in [1.82, 2.24) is 9.97 Å². The van der Waals surface area contributed by atoms with Gasteiger partial charge in [-0.2, -0.15) is 0 Å². The van der Waals surface area contributed by atoms with Crippen LogP contribution in [0.3, 0.4) is 0 Å². The fourth-order valence-electron chi connectivity index (χ4n) is 2.61. The Kier molecular flexibility index (Phi) is 4.11. The number of hydrogen-bond donors (Lipinski definition) is 0. The van der Waals surface area contributed by atoms with E-state index in [-0.39, 0.29) is 6.61 Å². The molecule has 6 heteroatoms. The number of rotatable bonds is 3. The molecule has 25 heavy (non-hydrogen) atoms. The van der Waals surface area contributed by atoms with E-state index in [1.54, 1.807) is 0 Å². The number of fused-ring (bicyclic) bond motifs is 2. The second-order valence-electron chi connectivity index (χ2n) is 5.56. The van der Waals surface area contributed by atoms with Crippen molar-refractivity contribution in [1.29, 1.82) is 0 Å². The largest absolute Gasteiger partial charge is 0.455 e. The lowest BCUT2D eigenvalue weighted by molar-refractivity contribution is 0.0473. The van der Waals surface area contributed by atoms with Crippen LogP contribution in [-0.2, 0) is 11.3 Å². The van der Waals surface area contributed by atoms with Gasteiger partial charge in [0.25, 0.3) is 0 Å². The van der Waals surface area contributed by atoms with E-state index in [4.69, 9.17) is 16.3 Å². The zero-order valence-corrected chi connectivity index (χ0v) is 14.9. The van der Waals surface area contributed by atoms with Crippen LogP contribution >= 0.6 is 22.9 Å². The van der Waals surface area contributed by atoms with Crippen LogP contribution in [0.25, 0.3) is 21.1 Å². The van der Waals surface area contributed by atoms with E-state index in [2.05, 4.69) is 9.97 Å². The average molecular weight is 369 g/mol. The molecule has 2 aromatic carbocycles. The second kappa shape index (κ2) is 6.43. The van der Waals surface area contributed by atoms with E-state index in [1.165, 1.54) is 11.3 Å². The molecule has 124 valence electrons. The molecule has 0 amide bonds. The molecule has 0 aliphatic rings. The first-order valence-corrected chi connectivity index (χ1v) is 8.89. The maximum atomic E-state index is 12.4. The van der Waals surface area contributed by atoms with E-state index in [9.17, 15) is 4.79 Å². The van der Waals surface area contributed by atoms with Crippen molar-refractivity contribution in [2.24, 2.45) is 0 Å². The van der Waals surface area contributed by atoms with Gasteiger partial charge in [0.15, 0.2) is 0 Å². The summed E-state index contributed by atoms with van der Waals surface area (Å²) in [5.41, 5.74) is 2.99. The van der Waals surface area contributed by atoms with Crippen molar-refractivity contribution in [3.63, 3.8) is 0 Å². The van der Waals surface area contributed by atoms with Crippen LogP contribution in [0.2, 0.25) is 5.02 Å². The highest BCUT2D eigenvalue weighted by atomic mass is 35.5. The van der Waals surface area contributed by atoms with Crippen molar-refractivity contribution < 1.29 is 9.53 Å². The molecule has 0 N–H and O–H groups in total. The summed E-state index contributed by atoms with van der Waals surface area (Å²) in [5.74, 6) is -0.444. The van der Waals surface area contributed by atoms with Gasteiger partial charge in [0.2, 0.25) is 0 Å². The van der Waals surface area contributed by atoms with Crippen LogP contribution in [0, 0.1) is 6.92 Å². The normalized spacial score (nSPS) is 11.1. The monoisotopic (exact) mass is 368 g/mol. The Morgan fingerprint density at radius 3 is 2.52 bits per heavy atom. The highest BCUT2D eigenvalue weighted by Gasteiger charge is 2.19. The minimum atomic E-state index is -0.444. The van der Waals surface area contributed by atoms with Gasteiger partial charge in [0.05, 0.1) is 27.4 Å². The number of esters is 1. The number of ether oxygens (including phenoxy) is 1. The molecular formula is C19H13ClN2O2S. The predicted octanol–water partition coefficient (Wildman–Crippen LogP) is 5.16. The van der Waals surface area contributed by atoms with Crippen molar-refractivity contribution in [3.8, 4) is 0 Å². The zero-order valence-electron chi connectivity index (χ0n) is 13.3. The smallest absolute Gasteiger partial charge is 0.350 e. The van der Waals surface area contributed by atoms with Gasteiger partial charge in [-0.1, -0.05) is 41.9 Å². The first kappa shape index (κ1) is 16.0. The van der Waals surface area contributed by atoms with Crippen molar-refractivity contribution in [2.75, 3.05) is 0 Å². The van der Waals surface area contributed by atoms with Gasteiger partial charge in [0.1, 0.15) is 11.5 Å². The summed E-state index contributed by atoms with van der Waals surface area (Å²) >= 11 is 7.66. The Bertz CT molecular complexity index is 1110. The van der Waals surface area contributed by atoms with Crippen molar-refractivity contribution in [3.05, 3.63) is 69.8 Å². The van der Waals surface area contributed by atoms with Gasteiger partial charge < -0.3 is 4.74 Å². The molecule has 0 fully saturated rings. The number of aryl methyl sites for hydroxylation is 1. The summed E-state index contributed by atoms with van der Waals surface area (Å²) < 4.78 is 6.40. The number of nitrogens with zero attached hydrogens (tertiary/aromatic N) is 2. The minimum absolute atomic E-state index is 0.0626. The molecule has 2 heterocycles. The second-order valence-corrected chi connectivity index (χ2v) is 6.99. The third kappa shape index (κ3) is 2.97. The molecule has 2 aromatic heterocycles. The molecular weight excluding hydrogens is 356 g/mol. The fraction of sp³-hybridized carbons (Fsp3) is 0.105. The zero-order chi connectivity index (χ0) is 17.4. The minimum Gasteiger partial charge on any atom is -0.455 e. The Balaban J connectivity index is 1.59. The SMILES string of the molecule is Cc1nc2ccccc2nc1COC(=O)c1sc2ccccc2c1Cl. The average Bonchev–Trinajstić information content (AvgIpc) is 2.97. The molecule has 4 aromatic rings. The lowest BCUT2D eigenvalue weighted by atomic mass is 10.2. The number of thiophene rings is 1.